The van der Waals surface area contributed by atoms with Crippen molar-refractivity contribution in [1.29, 1.82) is 0 Å². The fraction of sp³-hybridized carbons (Fsp3) is 0.238. The van der Waals surface area contributed by atoms with Crippen molar-refractivity contribution in [1.82, 2.24) is 15.5 Å². The summed E-state index contributed by atoms with van der Waals surface area (Å²) in [6, 6.07) is 11.9. The summed E-state index contributed by atoms with van der Waals surface area (Å²) in [5.41, 5.74) is 0.671. The van der Waals surface area contributed by atoms with Crippen molar-refractivity contribution in [3.8, 4) is 10.6 Å². The van der Waals surface area contributed by atoms with Crippen LogP contribution < -0.4 is 10.6 Å². The Morgan fingerprint density at radius 3 is 2.63 bits per heavy atom. The fourth-order valence-corrected chi connectivity index (χ4v) is 3.69. The highest BCUT2D eigenvalue weighted by atomic mass is 35.5. The second-order valence-corrected chi connectivity index (χ2v) is 8.14. The van der Waals surface area contributed by atoms with Crippen LogP contribution in [-0.2, 0) is 4.79 Å². The second-order valence-electron chi connectivity index (χ2n) is 6.73. The number of hydrogen-bond acceptors (Lipinski definition) is 5. The van der Waals surface area contributed by atoms with E-state index in [1.807, 2.05) is 19.9 Å². The van der Waals surface area contributed by atoms with E-state index in [0.29, 0.717) is 21.6 Å². The van der Waals surface area contributed by atoms with Gasteiger partial charge in [-0.2, -0.15) is 0 Å². The highest BCUT2D eigenvalue weighted by Crippen LogP contribution is 2.28. The third-order valence-corrected chi connectivity index (χ3v) is 5.75. The van der Waals surface area contributed by atoms with E-state index in [1.165, 1.54) is 29.5 Å². The minimum absolute atomic E-state index is 0.113. The molecule has 9 heteroatoms. The lowest BCUT2D eigenvalue weighted by atomic mass is 9.98. The van der Waals surface area contributed by atoms with Crippen LogP contribution in [0.5, 0.6) is 0 Å². The average Bonchev–Trinajstić information content (AvgIpc) is 3.20. The minimum atomic E-state index is -0.861. The molecule has 1 aromatic heterocycles. The van der Waals surface area contributed by atoms with Crippen LogP contribution in [0.15, 0.2) is 48.5 Å². The van der Waals surface area contributed by atoms with Crippen LogP contribution in [0.3, 0.4) is 0 Å². The Balaban J connectivity index is 1.75. The molecule has 2 N–H and O–H groups in total. The number of benzene rings is 2. The van der Waals surface area contributed by atoms with Gasteiger partial charge in [-0.05, 0) is 30.2 Å². The summed E-state index contributed by atoms with van der Waals surface area (Å²) in [5.74, 6) is -1.91. The van der Waals surface area contributed by atoms with E-state index >= 15 is 0 Å². The highest BCUT2D eigenvalue weighted by molar-refractivity contribution is 7.18. The van der Waals surface area contributed by atoms with Gasteiger partial charge in [-0.25, -0.2) is 4.39 Å². The number of carbonyl (C=O) groups is 2. The number of carbonyl (C=O) groups excluding carboxylic acids is 2. The van der Waals surface area contributed by atoms with Crippen LogP contribution in [0.25, 0.3) is 10.6 Å². The molecule has 156 valence electrons. The molecule has 1 heterocycles. The van der Waals surface area contributed by atoms with Gasteiger partial charge in [0, 0.05) is 10.6 Å². The molecule has 2 atom stereocenters. The van der Waals surface area contributed by atoms with Crippen molar-refractivity contribution in [3.63, 3.8) is 0 Å². The zero-order valence-corrected chi connectivity index (χ0v) is 17.9. The maximum atomic E-state index is 13.9. The van der Waals surface area contributed by atoms with Crippen molar-refractivity contribution < 1.29 is 14.0 Å². The largest absolute Gasteiger partial charge is 0.340 e. The predicted molar refractivity (Wildman–Crippen MR) is 116 cm³/mol. The Labute approximate surface area is 182 Å². The van der Waals surface area contributed by atoms with Gasteiger partial charge in [0.1, 0.15) is 16.9 Å². The zero-order chi connectivity index (χ0) is 21.7. The summed E-state index contributed by atoms with van der Waals surface area (Å²) in [4.78, 5) is 25.4. The van der Waals surface area contributed by atoms with E-state index in [0.717, 1.165) is 5.56 Å². The molecule has 0 aliphatic rings. The molecule has 0 saturated carbocycles. The van der Waals surface area contributed by atoms with Gasteiger partial charge >= 0.3 is 0 Å². The Kier molecular flexibility index (Phi) is 7.12. The molecule has 3 rings (SSSR count). The summed E-state index contributed by atoms with van der Waals surface area (Å²) in [5, 5.41) is 14.9. The summed E-state index contributed by atoms with van der Waals surface area (Å²) in [6.07, 6.45) is 0.638. The summed E-state index contributed by atoms with van der Waals surface area (Å²) < 4.78 is 13.9. The first-order chi connectivity index (χ1) is 14.4. The van der Waals surface area contributed by atoms with Crippen LogP contribution in [-0.4, -0.2) is 28.1 Å². The van der Waals surface area contributed by atoms with Gasteiger partial charge in [-0.1, -0.05) is 67.5 Å². The maximum Gasteiger partial charge on any atom is 0.254 e. The molecule has 30 heavy (non-hydrogen) atoms. The first kappa shape index (κ1) is 21.9. The Hall–Kier alpha value is -2.84. The lowest BCUT2D eigenvalue weighted by Gasteiger charge is -2.23. The van der Waals surface area contributed by atoms with Crippen LogP contribution in [0.4, 0.5) is 9.52 Å². The molecular formula is C21H20ClFN4O2S. The van der Waals surface area contributed by atoms with E-state index in [2.05, 4.69) is 20.8 Å². The van der Waals surface area contributed by atoms with E-state index < -0.39 is 23.7 Å². The van der Waals surface area contributed by atoms with Gasteiger partial charge in [0.2, 0.25) is 11.0 Å². The van der Waals surface area contributed by atoms with Gasteiger partial charge in [0.15, 0.2) is 0 Å². The number of aromatic nitrogens is 2. The zero-order valence-electron chi connectivity index (χ0n) is 16.4. The molecule has 0 radical (unpaired) electrons. The molecule has 0 fully saturated rings. The number of anilines is 1. The van der Waals surface area contributed by atoms with Crippen molar-refractivity contribution >= 4 is 39.9 Å². The maximum absolute atomic E-state index is 13.9. The molecule has 0 spiro atoms. The lowest BCUT2D eigenvalue weighted by Crippen LogP contribution is -2.47. The van der Waals surface area contributed by atoms with E-state index in [1.54, 1.807) is 24.3 Å². The SMILES string of the molecule is CCC(C)C(NC(=O)c1ccccc1F)C(=O)Nc1nnc(-c2cccc(Cl)c2)s1. The van der Waals surface area contributed by atoms with Crippen molar-refractivity contribution in [2.24, 2.45) is 5.92 Å². The third kappa shape index (κ3) is 5.20. The lowest BCUT2D eigenvalue weighted by molar-refractivity contribution is -0.119. The second kappa shape index (κ2) is 9.77. The molecule has 0 aliphatic carbocycles. The summed E-state index contributed by atoms with van der Waals surface area (Å²) in [6.45, 7) is 3.74. The number of nitrogens with one attached hydrogen (secondary N) is 2. The monoisotopic (exact) mass is 446 g/mol. The first-order valence-corrected chi connectivity index (χ1v) is 10.5. The van der Waals surface area contributed by atoms with Crippen molar-refractivity contribution in [3.05, 3.63) is 64.9 Å². The highest BCUT2D eigenvalue weighted by Gasteiger charge is 2.28. The number of nitrogens with zero attached hydrogens (tertiary/aromatic N) is 2. The molecule has 2 unspecified atom stereocenters. The number of hydrogen-bond donors (Lipinski definition) is 2. The van der Waals surface area contributed by atoms with Crippen molar-refractivity contribution in [2.45, 2.75) is 26.3 Å². The molecule has 0 aliphatic heterocycles. The smallest absolute Gasteiger partial charge is 0.254 e. The van der Waals surface area contributed by atoms with Crippen LogP contribution in [0.1, 0.15) is 30.6 Å². The normalized spacial score (nSPS) is 12.8. The molecule has 2 amide bonds. The topological polar surface area (TPSA) is 84.0 Å². The van der Waals surface area contributed by atoms with Gasteiger partial charge in [0.25, 0.3) is 5.91 Å². The molecule has 0 bridgehead atoms. The van der Waals surface area contributed by atoms with Gasteiger partial charge in [-0.15, -0.1) is 10.2 Å². The molecule has 6 nitrogen and oxygen atoms in total. The van der Waals surface area contributed by atoms with Gasteiger partial charge < -0.3 is 5.32 Å². The molecule has 2 aromatic carbocycles. The fourth-order valence-electron chi connectivity index (χ4n) is 2.76. The first-order valence-electron chi connectivity index (χ1n) is 9.34. The minimum Gasteiger partial charge on any atom is -0.340 e. The number of halogens is 2. The summed E-state index contributed by atoms with van der Waals surface area (Å²) in [7, 11) is 0. The standard InChI is InChI=1S/C21H20ClFN4O2S/c1-3-12(2)17(24-18(28)15-9-4-5-10-16(15)23)19(29)25-21-27-26-20(30-21)13-7-6-8-14(22)11-13/h4-12,17H,3H2,1-2H3,(H,24,28)(H,25,27,29). The van der Waals surface area contributed by atoms with Crippen LogP contribution in [0, 0.1) is 11.7 Å². The van der Waals surface area contributed by atoms with Crippen molar-refractivity contribution in [2.75, 3.05) is 5.32 Å². The molecule has 0 saturated heterocycles. The quantitative estimate of drug-likeness (QED) is 0.547. The Morgan fingerprint density at radius 2 is 1.93 bits per heavy atom. The summed E-state index contributed by atoms with van der Waals surface area (Å²) >= 11 is 7.20. The molecule has 3 aromatic rings. The predicted octanol–water partition coefficient (Wildman–Crippen LogP) is 4.78. The van der Waals surface area contributed by atoms with Gasteiger partial charge in [-0.3, -0.25) is 14.9 Å². The van der Waals surface area contributed by atoms with Crippen LogP contribution in [0.2, 0.25) is 5.02 Å². The van der Waals surface area contributed by atoms with E-state index in [9.17, 15) is 14.0 Å². The van der Waals surface area contributed by atoms with Crippen LogP contribution >= 0.6 is 22.9 Å². The van der Waals surface area contributed by atoms with E-state index in [-0.39, 0.29) is 11.5 Å². The Morgan fingerprint density at radius 1 is 1.17 bits per heavy atom. The van der Waals surface area contributed by atoms with E-state index in [4.69, 9.17) is 11.6 Å². The molecular weight excluding hydrogens is 427 g/mol. The number of rotatable bonds is 7. The average molecular weight is 447 g/mol. The van der Waals surface area contributed by atoms with Gasteiger partial charge in [0.05, 0.1) is 5.56 Å². The Bertz CT molecular complexity index is 1060. The third-order valence-electron chi connectivity index (χ3n) is 4.63. The number of amides is 2.